The second-order valence-corrected chi connectivity index (χ2v) is 7.40. The first-order chi connectivity index (χ1) is 8.93. The summed E-state index contributed by atoms with van der Waals surface area (Å²) < 4.78 is 39.1. The van der Waals surface area contributed by atoms with Gasteiger partial charge in [-0.15, -0.1) is 11.6 Å². The lowest BCUT2D eigenvalue weighted by molar-refractivity contribution is 0.291. The van der Waals surface area contributed by atoms with Crippen LogP contribution in [0, 0.1) is 5.82 Å². The first kappa shape index (κ1) is 14.8. The van der Waals surface area contributed by atoms with Crippen molar-refractivity contribution < 1.29 is 12.8 Å². The molecule has 19 heavy (non-hydrogen) atoms. The predicted molar refractivity (Wildman–Crippen MR) is 73.2 cm³/mol. The molecule has 1 fully saturated rings. The lowest BCUT2D eigenvalue weighted by atomic mass is 9.95. The van der Waals surface area contributed by atoms with Gasteiger partial charge in [0.1, 0.15) is 5.82 Å². The van der Waals surface area contributed by atoms with Crippen molar-refractivity contribution in [2.24, 2.45) is 0 Å². The molecule has 0 N–H and O–H groups in total. The molecule has 6 heteroatoms. The molecular weight excluding hydrogens is 289 g/mol. The average Bonchev–Trinajstić information content (AvgIpc) is 2.39. The highest BCUT2D eigenvalue weighted by atomic mass is 35.5. The van der Waals surface area contributed by atoms with Gasteiger partial charge in [-0.25, -0.2) is 12.8 Å². The summed E-state index contributed by atoms with van der Waals surface area (Å²) in [6, 6.07) is 4.69. The zero-order chi connectivity index (χ0) is 14.0. The number of hydrogen-bond acceptors (Lipinski definition) is 2. The Hall–Kier alpha value is -0.650. The van der Waals surface area contributed by atoms with Gasteiger partial charge < -0.3 is 0 Å². The Labute approximate surface area is 118 Å². The summed E-state index contributed by atoms with van der Waals surface area (Å²) in [5, 5.41) is -0.158. The van der Waals surface area contributed by atoms with Gasteiger partial charge in [0, 0.05) is 13.1 Å². The molecular formula is C13H17ClFNO2S. The molecule has 106 valence electrons. The van der Waals surface area contributed by atoms with Crippen molar-refractivity contribution >= 4 is 21.6 Å². The molecule has 2 rings (SSSR count). The van der Waals surface area contributed by atoms with Crippen LogP contribution in [0.15, 0.2) is 29.2 Å². The van der Waals surface area contributed by atoms with E-state index in [-0.39, 0.29) is 16.3 Å². The highest BCUT2D eigenvalue weighted by Crippen LogP contribution is 2.29. The number of hydrogen-bond donors (Lipinski definition) is 0. The molecule has 0 bridgehead atoms. The van der Waals surface area contributed by atoms with Crippen LogP contribution in [0.4, 0.5) is 4.39 Å². The third kappa shape index (κ3) is 3.09. The molecule has 1 aromatic carbocycles. The van der Waals surface area contributed by atoms with Crippen LogP contribution in [0.3, 0.4) is 0 Å². The van der Waals surface area contributed by atoms with Crippen molar-refractivity contribution in [3.8, 4) is 0 Å². The van der Waals surface area contributed by atoms with E-state index in [9.17, 15) is 12.8 Å². The number of halogens is 2. The molecule has 0 radical (unpaired) electrons. The van der Waals surface area contributed by atoms with Crippen molar-refractivity contribution in [3.05, 3.63) is 30.1 Å². The van der Waals surface area contributed by atoms with Crippen LogP contribution in [0.1, 0.15) is 25.7 Å². The van der Waals surface area contributed by atoms with E-state index in [1.807, 2.05) is 0 Å². The lowest BCUT2D eigenvalue weighted by Gasteiger charge is -2.34. The summed E-state index contributed by atoms with van der Waals surface area (Å²) in [5.74, 6) is -0.450. The third-order valence-electron chi connectivity index (χ3n) is 3.60. The smallest absolute Gasteiger partial charge is 0.207 e. The standard InChI is InChI=1S/C13H17ClFNO2S/c1-16(13-5-3-2-4-12(13)14)19(17,18)11-8-6-10(15)7-9-11/h6-9,12-13H,2-5H2,1H3. The quantitative estimate of drug-likeness (QED) is 0.805. The Morgan fingerprint density at radius 2 is 1.79 bits per heavy atom. The van der Waals surface area contributed by atoms with Gasteiger partial charge in [-0.3, -0.25) is 0 Å². The van der Waals surface area contributed by atoms with Crippen LogP contribution in [-0.4, -0.2) is 31.2 Å². The molecule has 2 atom stereocenters. The largest absolute Gasteiger partial charge is 0.243 e. The minimum absolute atomic E-state index is 0.103. The molecule has 0 spiro atoms. The van der Waals surface area contributed by atoms with E-state index >= 15 is 0 Å². The number of sulfonamides is 1. The molecule has 2 unspecified atom stereocenters. The van der Waals surface area contributed by atoms with Crippen molar-refractivity contribution in [3.63, 3.8) is 0 Å². The van der Waals surface area contributed by atoms with Gasteiger partial charge in [-0.05, 0) is 37.1 Å². The maximum absolute atomic E-state index is 12.9. The van der Waals surface area contributed by atoms with Gasteiger partial charge in [0.2, 0.25) is 10.0 Å². The van der Waals surface area contributed by atoms with Crippen LogP contribution in [0.5, 0.6) is 0 Å². The first-order valence-corrected chi connectivity index (χ1v) is 8.18. The van der Waals surface area contributed by atoms with E-state index in [1.165, 1.54) is 16.4 Å². The molecule has 1 saturated carbocycles. The van der Waals surface area contributed by atoms with E-state index in [1.54, 1.807) is 7.05 Å². The summed E-state index contributed by atoms with van der Waals surface area (Å²) in [5.41, 5.74) is 0. The number of benzene rings is 1. The minimum Gasteiger partial charge on any atom is -0.207 e. The van der Waals surface area contributed by atoms with Crippen LogP contribution in [0.25, 0.3) is 0 Å². The first-order valence-electron chi connectivity index (χ1n) is 6.30. The van der Waals surface area contributed by atoms with Gasteiger partial charge in [0.25, 0.3) is 0 Å². The zero-order valence-corrected chi connectivity index (χ0v) is 12.3. The van der Waals surface area contributed by atoms with Crippen molar-refractivity contribution in [1.29, 1.82) is 0 Å². The van der Waals surface area contributed by atoms with Crippen LogP contribution in [-0.2, 0) is 10.0 Å². The molecule has 0 aromatic heterocycles. The van der Waals surface area contributed by atoms with Gasteiger partial charge in [0.15, 0.2) is 0 Å². The zero-order valence-electron chi connectivity index (χ0n) is 10.7. The maximum Gasteiger partial charge on any atom is 0.243 e. The van der Waals surface area contributed by atoms with Gasteiger partial charge in [-0.1, -0.05) is 12.8 Å². The summed E-state index contributed by atoms with van der Waals surface area (Å²) in [6.07, 6.45) is 3.62. The van der Waals surface area contributed by atoms with E-state index in [2.05, 4.69) is 0 Å². The van der Waals surface area contributed by atoms with Gasteiger partial charge in [0.05, 0.1) is 10.3 Å². The summed E-state index contributed by atoms with van der Waals surface area (Å²) >= 11 is 6.23. The Bertz CT molecular complexity index is 532. The Morgan fingerprint density at radius 1 is 1.21 bits per heavy atom. The Morgan fingerprint density at radius 3 is 2.37 bits per heavy atom. The molecule has 0 heterocycles. The number of rotatable bonds is 3. The third-order valence-corrected chi connectivity index (χ3v) is 6.01. The molecule has 0 aliphatic heterocycles. The SMILES string of the molecule is CN(C1CCCCC1Cl)S(=O)(=O)c1ccc(F)cc1. The molecule has 1 aromatic rings. The fraction of sp³-hybridized carbons (Fsp3) is 0.538. The van der Waals surface area contributed by atoms with E-state index in [0.29, 0.717) is 0 Å². The second-order valence-electron chi connectivity index (χ2n) is 4.84. The van der Waals surface area contributed by atoms with Crippen LogP contribution < -0.4 is 0 Å². The summed E-state index contributed by atoms with van der Waals surface area (Å²) in [4.78, 5) is 0.103. The molecule has 0 saturated heterocycles. The van der Waals surface area contributed by atoms with Crippen molar-refractivity contribution in [2.75, 3.05) is 7.05 Å². The normalized spacial score (nSPS) is 24.6. The Kier molecular flexibility index (Phi) is 4.48. The summed E-state index contributed by atoms with van der Waals surface area (Å²) in [7, 11) is -2.06. The van der Waals surface area contributed by atoms with Gasteiger partial charge in [-0.2, -0.15) is 4.31 Å². The van der Waals surface area contributed by atoms with E-state index in [4.69, 9.17) is 11.6 Å². The predicted octanol–water partition coefficient (Wildman–Crippen LogP) is 3.00. The molecule has 3 nitrogen and oxygen atoms in total. The highest BCUT2D eigenvalue weighted by Gasteiger charge is 2.34. The summed E-state index contributed by atoms with van der Waals surface area (Å²) in [6.45, 7) is 0. The molecule has 1 aliphatic rings. The average molecular weight is 306 g/mol. The fourth-order valence-electron chi connectivity index (χ4n) is 2.43. The topological polar surface area (TPSA) is 37.4 Å². The van der Waals surface area contributed by atoms with Crippen molar-refractivity contribution in [1.82, 2.24) is 4.31 Å². The van der Waals surface area contributed by atoms with E-state index < -0.39 is 15.8 Å². The minimum atomic E-state index is -3.61. The monoisotopic (exact) mass is 305 g/mol. The van der Waals surface area contributed by atoms with E-state index in [0.717, 1.165) is 37.8 Å². The molecule has 1 aliphatic carbocycles. The van der Waals surface area contributed by atoms with Crippen LogP contribution >= 0.6 is 11.6 Å². The van der Waals surface area contributed by atoms with Crippen LogP contribution in [0.2, 0.25) is 0 Å². The second kappa shape index (κ2) is 5.77. The number of nitrogens with zero attached hydrogens (tertiary/aromatic N) is 1. The van der Waals surface area contributed by atoms with Crippen molar-refractivity contribution in [2.45, 2.75) is 42.0 Å². The highest BCUT2D eigenvalue weighted by molar-refractivity contribution is 7.89. The fourth-order valence-corrected chi connectivity index (χ4v) is 4.36. The Balaban J connectivity index is 2.25. The van der Waals surface area contributed by atoms with Gasteiger partial charge >= 0.3 is 0 Å². The maximum atomic E-state index is 12.9. The molecule has 0 amide bonds. The lowest BCUT2D eigenvalue weighted by Crippen LogP contribution is -2.44. The number of alkyl halides is 1.